The van der Waals surface area contributed by atoms with E-state index in [0.717, 1.165) is 10.0 Å². The van der Waals surface area contributed by atoms with E-state index in [1.54, 1.807) is 35.3 Å². The Bertz CT molecular complexity index is 865. The number of nitrogens with one attached hydrogen (secondary N) is 1. The highest BCUT2D eigenvalue weighted by molar-refractivity contribution is 9.10. The van der Waals surface area contributed by atoms with E-state index in [1.165, 1.54) is 11.8 Å². The lowest BCUT2D eigenvalue weighted by atomic mass is 10.2. The van der Waals surface area contributed by atoms with Crippen LogP contribution in [0.2, 0.25) is 0 Å². The zero-order valence-corrected chi connectivity index (χ0v) is 15.3. The molecule has 0 saturated carbocycles. The number of aromatic nitrogens is 3. The number of nitrogens with zero attached hydrogens (tertiary/aromatic N) is 3. The quantitative estimate of drug-likeness (QED) is 0.653. The van der Waals surface area contributed by atoms with Crippen molar-refractivity contribution < 1.29 is 4.79 Å². The van der Waals surface area contributed by atoms with Crippen LogP contribution in [0.25, 0.3) is 0 Å². The first-order chi connectivity index (χ1) is 11.7. The topological polar surface area (TPSA) is 59.8 Å². The zero-order valence-electron chi connectivity index (χ0n) is 12.9. The number of thioether (sulfide) groups is 1. The van der Waals surface area contributed by atoms with Crippen molar-refractivity contribution in [3.05, 3.63) is 70.5 Å². The average molecular weight is 403 g/mol. The summed E-state index contributed by atoms with van der Waals surface area (Å²) in [5.41, 5.74) is 1.64. The molecule has 0 spiro atoms. The van der Waals surface area contributed by atoms with Crippen molar-refractivity contribution in [3.8, 4) is 0 Å². The molecule has 1 amide bonds. The SMILES string of the molecule is CSc1ncccc1C(=O)Nc1ccnn1Cc1ccccc1Br. The molecule has 0 atom stereocenters. The van der Waals surface area contributed by atoms with Gasteiger partial charge in [-0.1, -0.05) is 34.1 Å². The molecule has 122 valence electrons. The second kappa shape index (κ2) is 7.63. The molecule has 2 aromatic heterocycles. The fourth-order valence-electron chi connectivity index (χ4n) is 2.26. The Morgan fingerprint density at radius 1 is 1.21 bits per heavy atom. The van der Waals surface area contributed by atoms with Gasteiger partial charge in [0.15, 0.2) is 0 Å². The Labute approximate surface area is 152 Å². The van der Waals surface area contributed by atoms with Crippen LogP contribution in [0.3, 0.4) is 0 Å². The van der Waals surface area contributed by atoms with Crippen LogP contribution < -0.4 is 5.32 Å². The van der Waals surface area contributed by atoms with Crippen molar-refractivity contribution in [2.75, 3.05) is 11.6 Å². The molecule has 5 nitrogen and oxygen atoms in total. The molecule has 0 unspecified atom stereocenters. The zero-order chi connectivity index (χ0) is 16.9. The molecular formula is C17H15BrN4OS. The fraction of sp³-hybridized carbons (Fsp3) is 0.118. The minimum atomic E-state index is -0.193. The van der Waals surface area contributed by atoms with Gasteiger partial charge >= 0.3 is 0 Å². The van der Waals surface area contributed by atoms with Crippen LogP contribution in [0, 0.1) is 0 Å². The summed E-state index contributed by atoms with van der Waals surface area (Å²) in [4.78, 5) is 16.8. The third kappa shape index (κ3) is 3.68. The fourth-order valence-corrected chi connectivity index (χ4v) is 3.22. The van der Waals surface area contributed by atoms with E-state index >= 15 is 0 Å². The molecule has 0 aliphatic carbocycles. The summed E-state index contributed by atoms with van der Waals surface area (Å²) in [7, 11) is 0. The molecule has 0 fully saturated rings. The van der Waals surface area contributed by atoms with Crippen molar-refractivity contribution in [1.29, 1.82) is 0 Å². The summed E-state index contributed by atoms with van der Waals surface area (Å²) in [6.07, 6.45) is 5.25. The molecule has 24 heavy (non-hydrogen) atoms. The van der Waals surface area contributed by atoms with Crippen LogP contribution in [0.1, 0.15) is 15.9 Å². The predicted octanol–water partition coefficient (Wildman–Crippen LogP) is 4.06. The number of benzene rings is 1. The van der Waals surface area contributed by atoms with Crippen molar-refractivity contribution in [3.63, 3.8) is 0 Å². The maximum absolute atomic E-state index is 12.5. The van der Waals surface area contributed by atoms with Gasteiger partial charge in [0, 0.05) is 16.7 Å². The third-order valence-corrected chi connectivity index (χ3v) is 4.93. The van der Waals surface area contributed by atoms with E-state index in [4.69, 9.17) is 0 Å². The van der Waals surface area contributed by atoms with Crippen LogP contribution in [0.15, 0.2) is 64.4 Å². The summed E-state index contributed by atoms with van der Waals surface area (Å²) >= 11 is 4.98. The number of carbonyl (C=O) groups is 1. The highest BCUT2D eigenvalue weighted by Gasteiger charge is 2.14. The second-order valence-corrected chi connectivity index (χ2v) is 6.63. The molecule has 0 aliphatic heterocycles. The first-order valence-corrected chi connectivity index (χ1v) is 9.26. The summed E-state index contributed by atoms with van der Waals surface area (Å²) < 4.78 is 2.77. The number of anilines is 1. The van der Waals surface area contributed by atoms with E-state index in [1.807, 2.05) is 30.5 Å². The maximum Gasteiger partial charge on any atom is 0.259 e. The minimum Gasteiger partial charge on any atom is -0.307 e. The monoisotopic (exact) mass is 402 g/mol. The average Bonchev–Trinajstić information content (AvgIpc) is 3.03. The molecule has 3 aromatic rings. The van der Waals surface area contributed by atoms with E-state index in [0.29, 0.717) is 23.0 Å². The Morgan fingerprint density at radius 2 is 2.04 bits per heavy atom. The number of pyridine rings is 1. The van der Waals surface area contributed by atoms with Crippen LogP contribution in [0.4, 0.5) is 5.82 Å². The number of carbonyl (C=O) groups excluding carboxylic acids is 1. The summed E-state index contributed by atoms with van der Waals surface area (Å²) in [5, 5.41) is 7.92. The minimum absolute atomic E-state index is 0.193. The van der Waals surface area contributed by atoms with Gasteiger partial charge < -0.3 is 5.32 Å². The smallest absolute Gasteiger partial charge is 0.259 e. The molecule has 0 saturated heterocycles. The van der Waals surface area contributed by atoms with E-state index in [9.17, 15) is 4.79 Å². The summed E-state index contributed by atoms with van der Waals surface area (Å²) in [6.45, 7) is 0.562. The second-order valence-electron chi connectivity index (χ2n) is 4.98. The maximum atomic E-state index is 12.5. The standard InChI is InChI=1S/C17H15BrN4OS/c1-24-17-13(6-4-9-19-17)16(23)21-15-8-10-20-22(15)11-12-5-2-3-7-14(12)18/h2-10H,11H2,1H3,(H,21,23). The van der Waals surface area contributed by atoms with Gasteiger partial charge in [0.2, 0.25) is 0 Å². The van der Waals surface area contributed by atoms with Gasteiger partial charge in [-0.05, 0) is 30.0 Å². The largest absolute Gasteiger partial charge is 0.307 e. The normalized spacial score (nSPS) is 10.6. The van der Waals surface area contributed by atoms with Gasteiger partial charge in [-0.15, -0.1) is 11.8 Å². The Morgan fingerprint density at radius 3 is 2.83 bits per heavy atom. The molecule has 0 aliphatic rings. The lowest BCUT2D eigenvalue weighted by Gasteiger charge is -2.11. The van der Waals surface area contributed by atoms with Gasteiger partial charge in [0.1, 0.15) is 10.8 Å². The number of hydrogen-bond donors (Lipinski definition) is 1. The van der Waals surface area contributed by atoms with Gasteiger partial charge in [-0.3, -0.25) is 4.79 Å². The number of hydrogen-bond acceptors (Lipinski definition) is 4. The molecular weight excluding hydrogens is 388 g/mol. The molecule has 0 bridgehead atoms. The number of rotatable bonds is 5. The molecule has 2 heterocycles. The molecule has 3 rings (SSSR count). The highest BCUT2D eigenvalue weighted by atomic mass is 79.9. The Kier molecular flexibility index (Phi) is 5.32. The first-order valence-electron chi connectivity index (χ1n) is 7.24. The number of amides is 1. The third-order valence-electron chi connectivity index (χ3n) is 3.45. The molecule has 0 radical (unpaired) electrons. The van der Waals surface area contributed by atoms with Gasteiger partial charge in [0.05, 0.1) is 18.3 Å². The molecule has 1 aromatic carbocycles. The van der Waals surface area contributed by atoms with E-state index < -0.39 is 0 Å². The lowest BCUT2D eigenvalue weighted by Crippen LogP contribution is -2.17. The van der Waals surface area contributed by atoms with Gasteiger partial charge in [-0.25, -0.2) is 9.67 Å². The predicted molar refractivity (Wildman–Crippen MR) is 99.4 cm³/mol. The van der Waals surface area contributed by atoms with Gasteiger partial charge in [-0.2, -0.15) is 5.10 Å². The van der Waals surface area contributed by atoms with Crippen LogP contribution in [-0.2, 0) is 6.54 Å². The van der Waals surface area contributed by atoms with E-state index in [-0.39, 0.29) is 5.91 Å². The highest BCUT2D eigenvalue weighted by Crippen LogP contribution is 2.21. The van der Waals surface area contributed by atoms with Crippen LogP contribution >= 0.6 is 27.7 Å². The van der Waals surface area contributed by atoms with Crippen LogP contribution in [-0.4, -0.2) is 26.9 Å². The molecule has 7 heteroatoms. The Hall–Kier alpha value is -2.12. The summed E-state index contributed by atoms with van der Waals surface area (Å²) in [6, 6.07) is 13.2. The van der Waals surface area contributed by atoms with Crippen molar-refractivity contribution in [2.24, 2.45) is 0 Å². The van der Waals surface area contributed by atoms with Gasteiger partial charge in [0.25, 0.3) is 5.91 Å². The Balaban J connectivity index is 1.81. The van der Waals surface area contributed by atoms with Crippen LogP contribution in [0.5, 0.6) is 0 Å². The lowest BCUT2D eigenvalue weighted by molar-refractivity contribution is 0.102. The first kappa shape index (κ1) is 16.7. The van der Waals surface area contributed by atoms with E-state index in [2.05, 4.69) is 31.3 Å². The van der Waals surface area contributed by atoms with Crippen molar-refractivity contribution in [1.82, 2.24) is 14.8 Å². The van der Waals surface area contributed by atoms with Crippen molar-refractivity contribution >= 4 is 39.4 Å². The van der Waals surface area contributed by atoms with Crippen molar-refractivity contribution in [2.45, 2.75) is 11.6 Å². The summed E-state index contributed by atoms with van der Waals surface area (Å²) in [5.74, 6) is 0.452. The number of halogens is 1. The molecule has 1 N–H and O–H groups in total.